The summed E-state index contributed by atoms with van der Waals surface area (Å²) in [6, 6.07) is 0. The van der Waals surface area contributed by atoms with Gasteiger partial charge in [0.2, 0.25) is 5.91 Å². The van der Waals surface area contributed by atoms with Gasteiger partial charge in [0.1, 0.15) is 12.7 Å². The first-order valence-corrected chi connectivity index (χ1v) is 9.45. The maximum atomic E-state index is 11.7. The van der Waals surface area contributed by atoms with E-state index in [4.69, 9.17) is 35.9 Å². The molecule has 0 bridgehead atoms. The monoisotopic (exact) mass is 463 g/mol. The molecule has 31 heavy (non-hydrogen) atoms. The van der Waals surface area contributed by atoms with Crippen molar-refractivity contribution < 1.29 is 47.7 Å². The van der Waals surface area contributed by atoms with Gasteiger partial charge in [-0.3, -0.25) is 29.4 Å². The van der Waals surface area contributed by atoms with E-state index in [1.165, 1.54) is 6.92 Å². The zero-order valence-electron chi connectivity index (χ0n) is 17.6. The van der Waals surface area contributed by atoms with Crippen molar-refractivity contribution >= 4 is 47.1 Å². The molecule has 0 unspecified atom stereocenters. The summed E-state index contributed by atoms with van der Waals surface area (Å²) in [5, 5.41) is 2.17. The van der Waals surface area contributed by atoms with Crippen LogP contribution in [-0.4, -0.2) is 72.1 Å². The number of esters is 4. The van der Waals surface area contributed by atoms with E-state index in [1.807, 2.05) is 0 Å². The first-order chi connectivity index (χ1) is 14.4. The van der Waals surface area contributed by atoms with Crippen molar-refractivity contribution in [3.8, 4) is 0 Å². The second-order valence-electron chi connectivity index (χ2n) is 6.40. The smallest absolute Gasteiger partial charge is 0.303 e. The van der Waals surface area contributed by atoms with Gasteiger partial charge in [0.15, 0.2) is 29.7 Å². The van der Waals surface area contributed by atoms with Gasteiger partial charge in [0.25, 0.3) is 0 Å². The standard InChI is InChI=1S/C17H25N3O10S/c1-7(21)18-17(31)20-19-16-15(29-11(5)25)14(28-10(4)24)13(27-9(3)23)12(30-16)6-26-8(2)22/h12-16,19H,6H2,1-5H3,(H2,18,20,21,31)/t12-,13+,14+,15-,16-/m1/s1. The van der Waals surface area contributed by atoms with Crippen LogP contribution in [0, 0.1) is 0 Å². The van der Waals surface area contributed by atoms with Crippen LogP contribution in [0.4, 0.5) is 0 Å². The summed E-state index contributed by atoms with van der Waals surface area (Å²) in [5.74, 6) is -3.32. The van der Waals surface area contributed by atoms with Gasteiger partial charge in [-0.05, 0) is 12.2 Å². The van der Waals surface area contributed by atoms with E-state index < -0.39 is 60.4 Å². The number of thiocarbonyl (C=S) groups is 1. The number of rotatable bonds is 7. The van der Waals surface area contributed by atoms with Crippen LogP contribution in [0.25, 0.3) is 0 Å². The molecule has 0 saturated carbocycles. The summed E-state index contributed by atoms with van der Waals surface area (Å²) < 4.78 is 26.5. The molecule has 0 aromatic carbocycles. The molecule has 14 heteroatoms. The lowest BCUT2D eigenvalue weighted by Gasteiger charge is -2.44. The molecule has 1 aliphatic heterocycles. The number of amides is 1. The van der Waals surface area contributed by atoms with Crippen LogP contribution in [-0.2, 0) is 47.7 Å². The molecule has 0 aromatic rings. The maximum absolute atomic E-state index is 11.7. The number of ether oxygens (including phenoxy) is 5. The van der Waals surface area contributed by atoms with E-state index in [-0.39, 0.29) is 11.7 Å². The normalized spacial score (nSPS) is 24.9. The fourth-order valence-electron chi connectivity index (χ4n) is 2.67. The molecule has 1 rings (SSSR count). The Labute approximate surface area is 183 Å². The Morgan fingerprint density at radius 2 is 1.32 bits per heavy atom. The summed E-state index contributed by atoms with van der Waals surface area (Å²) >= 11 is 4.93. The Kier molecular flexibility index (Phi) is 10.2. The van der Waals surface area contributed by atoms with Gasteiger partial charge in [-0.1, -0.05) is 0 Å². The van der Waals surface area contributed by atoms with Crippen molar-refractivity contribution in [2.24, 2.45) is 0 Å². The highest BCUT2D eigenvalue weighted by Crippen LogP contribution is 2.28. The lowest BCUT2D eigenvalue weighted by Crippen LogP contribution is -2.68. The van der Waals surface area contributed by atoms with E-state index in [0.29, 0.717) is 0 Å². The zero-order valence-corrected chi connectivity index (χ0v) is 18.4. The van der Waals surface area contributed by atoms with E-state index in [2.05, 4.69) is 16.2 Å². The van der Waals surface area contributed by atoms with E-state index in [0.717, 1.165) is 27.7 Å². The number of nitrogens with one attached hydrogen (secondary N) is 3. The van der Waals surface area contributed by atoms with E-state index in [1.54, 1.807) is 0 Å². The van der Waals surface area contributed by atoms with Crippen molar-refractivity contribution in [1.82, 2.24) is 16.2 Å². The molecule has 0 aromatic heterocycles. The van der Waals surface area contributed by atoms with Crippen molar-refractivity contribution in [2.75, 3.05) is 6.61 Å². The maximum Gasteiger partial charge on any atom is 0.303 e. The van der Waals surface area contributed by atoms with E-state index >= 15 is 0 Å². The molecule has 1 saturated heterocycles. The van der Waals surface area contributed by atoms with Crippen LogP contribution in [0.1, 0.15) is 34.6 Å². The topological polar surface area (TPSA) is 168 Å². The first kappa shape index (κ1) is 26.2. The molecule has 1 heterocycles. The molecule has 5 atom stereocenters. The van der Waals surface area contributed by atoms with Crippen molar-refractivity contribution in [3.05, 3.63) is 0 Å². The number of hydrogen-bond donors (Lipinski definition) is 3. The molecule has 0 radical (unpaired) electrons. The lowest BCUT2D eigenvalue weighted by atomic mass is 9.97. The van der Waals surface area contributed by atoms with Crippen molar-refractivity contribution in [3.63, 3.8) is 0 Å². The van der Waals surface area contributed by atoms with Crippen molar-refractivity contribution in [1.29, 1.82) is 0 Å². The Morgan fingerprint density at radius 3 is 1.81 bits per heavy atom. The Hall–Kier alpha value is -2.84. The summed E-state index contributed by atoms with van der Waals surface area (Å²) in [4.78, 5) is 57.4. The van der Waals surface area contributed by atoms with Gasteiger partial charge >= 0.3 is 23.9 Å². The number of carbonyl (C=O) groups is 5. The lowest BCUT2D eigenvalue weighted by molar-refractivity contribution is -0.258. The van der Waals surface area contributed by atoms with Gasteiger partial charge < -0.3 is 29.0 Å². The first-order valence-electron chi connectivity index (χ1n) is 9.04. The van der Waals surface area contributed by atoms with Crippen molar-refractivity contribution in [2.45, 2.75) is 65.3 Å². The molecule has 13 nitrogen and oxygen atoms in total. The predicted octanol–water partition coefficient (Wildman–Crippen LogP) is -1.42. The van der Waals surface area contributed by atoms with Crippen LogP contribution >= 0.6 is 12.2 Å². The summed E-state index contributed by atoms with van der Waals surface area (Å²) in [6.45, 7) is 5.38. The average Bonchev–Trinajstić information content (AvgIpc) is 2.60. The van der Waals surface area contributed by atoms with Crippen LogP contribution in [0.5, 0.6) is 0 Å². The highest BCUT2D eigenvalue weighted by atomic mass is 32.1. The second-order valence-corrected chi connectivity index (χ2v) is 6.81. The Balaban J connectivity index is 3.24. The minimum absolute atomic E-state index is 0.125. The third kappa shape index (κ3) is 9.23. The number of hydrazine groups is 1. The highest BCUT2D eigenvalue weighted by Gasteiger charge is 2.52. The average molecular weight is 463 g/mol. The molecule has 1 fully saturated rings. The minimum atomic E-state index is -1.33. The molecule has 1 aliphatic rings. The number of carbonyl (C=O) groups excluding carboxylic acids is 5. The van der Waals surface area contributed by atoms with Gasteiger partial charge in [0, 0.05) is 34.6 Å². The fraction of sp³-hybridized carbons (Fsp3) is 0.647. The molecule has 0 spiro atoms. The van der Waals surface area contributed by atoms with Gasteiger partial charge in [0.05, 0.1) is 0 Å². The predicted molar refractivity (Wildman–Crippen MR) is 105 cm³/mol. The second kappa shape index (κ2) is 12.1. The van der Waals surface area contributed by atoms with Gasteiger partial charge in [-0.15, -0.1) is 0 Å². The van der Waals surface area contributed by atoms with Crippen LogP contribution in [0.3, 0.4) is 0 Å². The van der Waals surface area contributed by atoms with Crippen LogP contribution < -0.4 is 16.2 Å². The molecule has 0 aliphatic carbocycles. The molecular formula is C17H25N3O10S. The highest BCUT2D eigenvalue weighted by molar-refractivity contribution is 7.80. The van der Waals surface area contributed by atoms with Gasteiger partial charge in [-0.25, -0.2) is 5.43 Å². The third-order valence-corrected chi connectivity index (χ3v) is 3.81. The third-order valence-electron chi connectivity index (χ3n) is 3.61. The Bertz CT molecular complexity index is 731. The minimum Gasteiger partial charge on any atom is -0.463 e. The SMILES string of the molecule is CC(=O)NC(=S)NN[C@@H]1O[C@H](COC(C)=O)[C@H](OC(C)=O)[C@H](OC(C)=O)[C@H]1OC(C)=O. The quantitative estimate of drug-likeness (QED) is 0.174. The van der Waals surface area contributed by atoms with E-state index in [9.17, 15) is 24.0 Å². The summed E-state index contributed by atoms with van der Waals surface area (Å²) in [6.07, 6.45) is -6.25. The fourth-order valence-corrected chi connectivity index (χ4v) is 2.88. The molecule has 3 N–H and O–H groups in total. The molecular weight excluding hydrogens is 438 g/mol. The Morgan fingerprint density at radius 1 is 0.806 bits per heavy atom. The van der Waals surface area contributed by atoms with Crippen LogP contribution in [0.15, 0.2) is 0 Å². The molecule has 174 valence electrons. The summed E-state index contributed by atoms with van der Waals surface area (Å²) in [5.41, 5.74) is 5.08. The van der Waals surface area contributed by atoms with Crippen LogP contribution in [0.2, 0.25) is 0 Å². The largest absolute Gasteiger partial charge is 0.463 e. The summed E-state index contributed by atoms with van der Waals surface area (Å²) in [7, 11) is 0. The molecule has 1 amide bonds. The zero-order chi connectivity index (χ0) is 23.7. The van der Waals surface area contributed by atoms with Gasteiger partial charge in [-0.2, -0.15) is 0 Å². The number of hydrogen-bond acceptors (Lipinski definition) is 12.